The number of nitrogens with one attached hydrogen (secondary N) is 2. The Kier molecular flexibility index (Phi) is 6.92. The summed E-state index contributed by atoms with van der Waals surface area (Å²) in [7, 11) is -4.33. The zero-order valence-electron chi connectivity index (χ0n) is 18.1. The van der Waals surface area contributed by atoms with Crippen LogP contribution in [0.4, 0.5) is 11.6 Å². The van der Waals surface area contributed by atoms with Gasteiger partial charge in [-0.15, -0.1) is 11.3 Å². The highest BCUT2D eigenvalue weighted by atomic mass is 35.5. The Morgan fingerprint density at radius 1 is 1.24 bits per heavy atom. The van der Waals surface area contributed by atoms with E-state index >= 15 is 0 Å². The maximum absolute atomic E-state index is 13.2. The van der Waals surface area contributed by atoms with Gasteiger partial charge >= 0.3 is 0 Å². The zero-order chi connectivity index (χ0) is 24.5. The molecule has 2 heterocycles. The van der Waals surface area contributed by atoms with Crippen molar-refractivity contribution in [2.75, 3.05) is 10.0 Å². The van der Waals surface area contributed by atoms with E-state index in [9.17, 15) is 18.0 Å². The van der Waals surface area contributed by atoms with Crippen molar-refractivity contribution in [2.24, 2.45) is 0 Å². The van der Waals surface area contributed by atoms with Crippen molar-refractivity contribution in [3.63, 3.8) is 0 Å². The molecular weight excluding hydrogens is 488 g/mol. The maximum atomic E-state index is 13.2. The highest BCUT2D eigenvalue weighted by molar-refractivity contribution is 7.93. The highest BCUT2D eigenvalue weighted by Crippen LogP contribution is 2.33. The smallest absolute Gasteiger partial charge is 0.267 e. The quantitative estimate of drug-likeness (QED) is 0.444. The fourth-order valence-electron chi connectivity index (χ4n) is 3.13. The molecule has 1 amide bonds. The molecular formula is C21H19ClN4O5S2. The van der Waals surface area contributed by atoms with Crippen molar-refractivity contribution in [1.29, 1.82) is 5.26 Å². The number of nitrogens with zero attached hydrogens (tertiary/aromatic N) is 2. The van der Waals surface area contributed by atoms with Crippen LogP contribution in [0.1, 0.15) is 48.7 Å². The molecule has 1 aromatic carbocycles. The van der Waals surface area contributed by atoms with Crippen LogP contribution in [0.3, 0.4) is 0 Å². The average Bonchev–Trinajstić information content (AvgIpc) is 3.29. The minimum Gasteiger partial charge on any atom is -0.336 e. The molecule has 33 heavy (non-hydrogen) atoms. The van der Waals surface area contributed by atoms with Crippen molar-refractivity contribution in [3.05, 3.63) is 55.4 Å². The molecule has 0 bridgehead atoms. The van der Waals surface area contributed by atoms with Crippen LogP contribution < -0.4 is 10.0 Å². The van der Waals surface area contributed by atoms with Gasteiger partial charge < -0.3 is 9.84 Å². The number of aromatic nitrogens is 1. The normalized spacial score (nSPS) is 11.2. The van der Waals surface area contributed by atoms with Gasteiger partial charge in [-0.25, -0.2) is 13.1 Å². The van der Waals surface area contributed by atoms with Gasteiger partial charge in [0.25, 0.3) is 21.8 Å². The predicted molar refractivity (Wildman–Crippen MR) is 125 cm³/mol. The van der Waals surface area contributed by atoms with Gasteiger partial charge in [0.05, 0.1) is 18.2 Å². The molecule has 0 aliphatic heterocycles. The molecule has 0 fully saturated rings. The lowest BCUT2D eigenvalue weighted by Gasteiger charge is -2.14. The van der Waals surface area contributed by atoms with Crippen LogP contribution in [0.2, 0.25) is 5.02 Å². The molecule has 0 saturated heterocycles. The van der Waals surface area contributed by atoms with Crippen LogP contribution in [0.5, 0.6) is 0 Å². The van der Waals surface area contributed by atoms with Crippen molar-refractivity contribution >= 4 is 56.2 Å². The number of rotatable bonds is 7. The van der Waals surface area contributed by atoms with Crippen LogP contribution in [-0.2, 0) is 16.4 Å². The summed E-state index contributed by atoms with van der Waals surface area (Å²) in [5.74, 6) is -1.28. The first-order valence-corrected chi connectivity index (χ1v) is 12.2. The van der Waals surface area contributed by atoms with Crippen molar-refractivity contribution in [3.8, 4) is 6.07 Å². The number of hydrogen-bond acceptors (Lipinski definition) is 8. The number of hydrogen-bond donors (Lipinski definition) is 2. The number of ketones is 1. The second-order valence-corrected chi connectivity index (χ2v) is 10.4. The topological polar surface area (TPSA) is 142 Å². The lowest BCUT2D eigenvalue weighted by Crippen LogP contribution is -2.19. The number of carbonyl (C=O) groups excluding carboxylic acids is 2. The molecule has 0 unspecified atom stereocenters. The average molecular weight is 507 g/mol. The molecule has 3 aromatic rings. The first kappa shape index (κ1) is 24.4. The number of amides is 1. The number of anilines is 2. The van der Waals surface area contributed by atoms with Gasteiger partial charge in [0.2, 0.25) is 0 Å². The van der Waals surface area contributed by atoms with Gasteiger partial charge in [-0.05, 0) is 51.0 Å². The summed E-state index contributed by atoms with van der Waals surface area (Å²) in [6.07, 6.45) is -0.0924. The first-order chi connectivity index (χ1) is 15.4. The highest BCUT2D eigenvalue weighted by Gasteiger charge is 2.29. The van der Waals surface area contributed by atoms with Crippen molar-refractivity contribution in [2.45, 2.75) is 39.0 Å². The third-order valence-electron chi connectivity index (χ3n) is 4.61. The van der Waals surface area contributed by atoms with Crippen LogP contribution in [0.25, 0.3) is 0 Å². The molecule has 0 saturated carbocycles. The Morgan fingerprint density at radius 2 is 1.94 bits per heavy atom. The molecule has 2 N–H and O–H groups in total. The van der Waals surface area contributed by atoms with E-state index in [0.29, 0.717) is 21.7 Å². The Hall–Kier alpha value is -3.20. The third kappa shape index (κ3) is 5.08. The molecule has 0 aliphatic carbocycles. The number of halogens is 1. The van der Waals surface area contributed by atoms with E-state index in [0.717, 1.165) is 16.9 Å². The van der Waals surface area contributed by atoms with Gasteiger partial charge in [0.1, 0.15) is 20.5 Å². The second-order valence-electron chi connectivity index (χ2n) is 7.27. The SMILES string of the molecule is CC(=O)c1cc(C)cc(C)c1NC(=O)c1sc(CC#N)cc1S(=O)(=O)Nc1onc(C)c1Cl. The molecule has 0 atom stereocenters. The van der Waals surface area contributed by atoms with E-state index in [-0.39, 0.29) is 38.6 Å². The fourth-order valence-corrected chi connectivity index (χ4v) is 5.83. The molecule has 0 aliphatic rings. The van der Waals surface area contributed by atoms with Gasteiger partial charge in [-0.2, -0.15) is 5.26 Å². The van der Waals surface area contributed by atoms with Crippen LogP contribution in [0, 0.1) is 32.1 Å². The number of thiophene rings is 1. The minimum absolute atomic E-state index is 0.0153. The molecule has 9 nitrogen and oxygen atoms in total. The number of Topliss-reactive ketones (excluding diaryl/α,β-unsaturated/α-hetero) is 1. The molecule has 0 spiro atoms. The second kappa shape index (κ2) is 9.35. The predicted octanol–water partition coefficient (Wildman–Crippen LogP) is 4.64. The number of nitriles is 1. The number of sulfonamides is 1. The summed E-state index contributed by atoms with van der Waals surface area (Å²) in [6.45, 7) is 6.47. The molecule has 172 valence electrons. The number of carbonyl (C=O) groups is 2. The number of benzene rings is 1. The largest absolute Gasteiger partial charge is 0.336 e. The van der Waals surface area contributed by atoms with Crippen LogP contribution in [0.15, 0.2) is 27.6 Å². The summed E-state index contributed by atoms with van der Waals surface area (Å²) in [6, 6.07) is 6.62. The lowest BCUT2D eigenvalue weighted by molar-refractivity contribution is 0.101. The van der Waals surface area contributed by atoms with Crippen molar-refractivity contribution < 1.29 is 22.5 Å². The lowest BCUT2D eigenvalue weighted by atomic mass is 10.0. The first-order valence-electron chi connectivity index (χ1n) is 9.52. The molecule has 3 rings (SSSR count). The minimum atomic E-state index is -4.33. The summed E-state index contributed by atoms with van der Waals surface area (Å²) < 4.78 is 33.3. The standard InChI is InChI=1S/C21H19ClN4O5S2/c1-10-7-11(2)18(15(8-10)13(4)27)24-20(28)19-16(9-14(32-19)5-6-23)33(29,30)26-21-17(22)12(3)25-31-21/h7-9,26H,5H2,1-4H3,(H,24,28). The fraction of sp³-hybridized carbons (Fsp3) is 0.238. The van der Waals surface area contributed by atoms with E-state index in [1.807, 2.05) is 13.0 Å². The monoisotopic (exact) mass is 506 g/mol. The number of aryl methyl sites for hydroxylation is 3. The van der Waals surface area contributed by atoms with E-state index in [1.54, 1.807) is 19.1 Å². The van der Waals surface area contributed by atoms with E-state index in [2.05, 4.69) is 15.2 Å². The van der Waals surface area contributed by atoms with Crippen molar-refractivity contribution in [1.82, 2.24) is 5.16 Å². The van der Waals surface area contributed by atoms with E-state index < -0.39 is 15.9 Å². The molecule has 12 heteroatoms. The van der Waals surface area contributed by atoms with Gasteiger partial charge in [-0.1, -0.05) is 22.8 Å². The maximum Gasteiger partial charge on any atom is 0.267 e. The summed E-state index contributed by atoms with van der Waals surface area (Å²) in [4.78, 5) is 25.2. The summed E-state index contributed by atoms with van der Waals surface area (Å²) in [5, 5.41) is 15.3. The van der Waals surface area contributed by atoms with E-state index in [1.165, 1.54) is 19.9 Å². The van der Waals surface area contributed by atoms with Crippen LogP contribution >= 0.6 is 22.9 Å². The van der Waals surface area contributed by atoms with Crippen LogP contribution in [-0.4, -0.2) is 25.3 Å². The summed E-state index contributed by atoms with van der Waals surface area (Å²) in [5.41, 5.74) is 2.37. The van der Waals surface area contributed by atoms with Gasteiger partial charge in [0.15, 0.2) is 5.78 Å². The van der Waals surface area contributed by atoms with Gasteiger partial charge in [-0.3, -0.25) is 9.59 Å². The van der Waals surface area contributed by atoms with Gasteiger partial charge in [0, 0.05) is 10.4 Å². The molecule has 2 aromatic heterocycles. The Balaban J connectivity index is 2.05. The third-order valence-corrected chi connectivity index (χ3v) is 7.68. The Bertz CT molecular complexity index is 1420. The molecule has 0 radical (unpaired) electrons. The Labute approximate surface area is 199 Å². The summed E-state index contributed by atoms with van der Waals surface area (Å²) >= 11 is 6.87. The Morgan fingerprint density at radius 3 is 2.52 bits per heavy atom. The van der Waals surface area contributed by atoms with E-state index in [4.69, 9.17) is 21.4 Å². The zero-order valence-corrected chi connectivity index (χ0v) is 20.5.